The third kappa shape index (κ3) is 4.82. The van der Waals surface area contributed by atoms with Crippen molar-refractivity contribution in [2.45, 2.75) is 19.3 Å². The summed E-state index contributed by atoms with van der Waals surface area (Å²) in [5.74, 6) is -1.49. The Hall–Kier alpha value is -2.40. The highest BCUT2D eigenvalue weighted by Gasteiger charge is 2.47. The quantitative estimate of drug-likeness (QED) is 0.724. The van der Waals surface area contributed by atoms with Crippen LogP contribution in [0.4, 0.5) is 10.1 Å². The Kier molecular flexibility index (Phi) is 5.89. The molecule has 26 heavy (non-hydrogen) atoms. The minimum atomic E-state index is -0.538. The summed E-state index contributed by atoms with van der Waals surface area (Å²) in [7, 11) is 0. The molecule has 0 spiro atoms. The van der Waals surface area contributed by atoms with Crippen LogP contribution in [0.3, 0.4) is 0 Å². The number of carbonyl (C=O) groups excluding carboxylic acids is 2. The SMILES string of the molecule is O=C(NCCCc1ccccc1)C1CC1C(=O)Nc1ccc(F)c(Cl)c1. The number of amides is 2. The predicted octanol–water partition coefficient (Wildman–Crippen LogP) is 3.80. The fourth-order valence-corrected chi connectivity index (χ4v) is 3.04. The molecule has 2 N–H and O–H groups in total. The van der Waals surface area contributed by atoms with Crippen molar-refractivity contribution in [3.05, 3.63) is 64.9 Å². The van der Waals surface area contributed by atoms with E-state index in [1.165, 1.54) is 23.8 Å². The Bertz CT molecular complexity index is 798. The van der Waals surface area contributed by atoms with Crippen molar-refractivity contribution < 1.29 is 14.0 Å². The van der Waals surface area contributed by atoms with Gasteiger partial charge in [-0.05, 0) is 43.0 Å². The fourth-order valence-electron chi connectivity index (χ4n) is 2.86. The number of hydrogen-bond acceptors (Lipinski definition) is 2. The number of nitrogens with one attached hydrogen (secondary N) is 2. The molecule has 0 heterocycles. The molecular weight excluding hydrogens is 355 g/mol. The van der Waals surface area contributed by atoms with Crippen LogP contribution < -0.4 is 10.6 Å². The molecule has 1 aliphatic rings. The van der Waals surface area contributed by atoms with Crippen molar-refractivity contribution in [1.29, 1.82) is 0 Å². The summed E-state index contributed by atoms with van der Waals surface area (Å²) in [6.45, 7) is 0.589. The van der Waals surface area contributed by atoms with E-state index in [1.807, 2.05) is 18.2 Å². The first-order valence-electron chi connectivity index (χ1n) is 8.62. The minimum Gasteiger partial charge on any atom is -0.356 e. The molecule has 2 amide bonds. The van der Waals surface area contributed by atoms with Gasteiger partial charge in [0.05, 0.1) is 16.9 Å². The van der Waals surface area contributed by atoms with Gasteiger partial charge < -0.3 is 10.6 Å². The number of carbonyl (C=O) groups is 2. The van der Waals surface area contributed by atoms with Gasteiger partial charge in [-0.2, -0.15) is 0 Å². The van der Waals surface area contributed by atoms with Gasteiger partial charge in [0.1, 0.15) is 5.82 Å². The molecule has 2 aromatic rings. The first kappa shape index (κ1) is 18.4. The molecule has 0 saturated heterocycles. The van der Waals surface area contributed by atoms with Gasteiger partial charge in [0.15, 0.2) is 0 Å². The van der Waals surface area contributed by atoms with E-state index in [-0.39, 0.29) is 28.7 Å². The molecule has 0 radical (unpaired) electrons. The molecule has 1 fully saturated rings. The average molecular weight is 375 g/mol. The van der Waals surface area contributed by atoms with Gasteiger partial charge in [0.2, 0.25) is 11.8 Å². The highest BCUT2D eigenvalue weighted by atomic mass is 35.5. The van der Waals surface area contributed by atoms with Gasteiger partial charge in [-0.3, -0.25) is 9.59 Å². The van der Waals surface area contributed by atoms with E-state index >= 15 is 0 Å². The Balaban J connectivity index is 1.39. The highest BCUT2D eigenvalue weighted by Crippen LogP contribution is 2.39. The zero-order valence-electron chi connectivity index (χ0n) is 14.2. The van der Waals surface area contributed by atoms with E-state index < -0.39 is 5.82 Å². The van der Waals surface area contributed by atoms with E-state index in [4.69, 9.17) is 11.6 Å². The second kappa shape index (κ2) is 8.32. The van der Waals surface area contributed by atoms with Crippen LogP contribution in [0.25, 0.3) is 0 Å². The average Bonchev–Trinajstić information content (AvgIpc) is 3.44. The molecule has 4 nitrogen and oxygen atoms in total. The van der Waals surface area contributed by atoms with Crippen LogP contribution in [-0.2, 0) is 16.0 Å². The lowest BCUT2D eigenvalue weighted by Crippen LogP contribution is -2.28. The second-order valence-corrected chi connectivity index (χ2v) is 6.85. The van der Waals surface area contributed by atoms with Gasteiger partial charge in [-0.25, -0.2) is 4.39 Å². The van der Waals surface area contributed by atoms with Crippen LogP contribution in [0.15, 0.2) is 48.5 Å². The van der Waals surface area contributed by atoms with Crippen LogP contribution in [-0.4, -0.2) is 18.4 Å². The van der Waals surface area contributed by atoms with Crippen LogP contribution in [0.5, 0.6) is 0 Å². The summed E-state index contributed by atoms with van der Waals surface area (Å²) in [4.78, 5) is 24.3. The largest absolute Gasteiger partial charge is 0.356 e. The minimum absolute atomic E-state index is 0.0497. The Labute approximate surface area is 156 Å². The smallest absolute Gasteiger partial charge is 0.228 e. The zero-order chi connectivity index (χ0) is 18.5. The molecule has 3 rings (SSSR count). The van der Waals surface area contributed by atoms with Crippen LogP contribution in [0, 0.1) is 17.7 Å². The number of rotatable bonds is 7. The van der Waals surface area contributed by atoms with Crippen molar-refractivity contribution in [1.82, 2.24) is 5.32 Å². The van der Waals surface area contributed by atoms with Crippen molar-refractivity contribution in [2.75, 3.05) is 11.9 Å². The van der Waals surface area contributed by atoms with Crippen LogP contribution in [0.2, 0.25) is 5.02 Å². The maximum atomic E-state index is 13.1. The lowest BCUT2D eigenvalue weighted by Gasteiger charge is -2.07. The summed E-state index contributed by atoms with van der Waals surface area (Å²) in [6, 6.07) is 14.1. The fraction of sp³-hybridized carbons (Fsp3) is 0.300. The third-order valence-corrected chi connectivity index (χ3v) is 4.73. The first-order chi connectivity index (χ1) is 12.5. The van der Waals surface area contributed by atoms with E-state index in [0.717, 1.165) is 12.8 Å². The molecule has 2 atom stereocenters. The number of anilines is 1. The first-order valence-corrected chi connectivity index (χ1v) is 9.00. The Morgan fingerprint density at radius 3 is 2.54 bits per heavy atom. The number of benzene rings is 2. The summed E-state index contributed by atoms with van der Waals surface area (Å²) in [5, 5.41) is 5.52. The molecule has 0 aromatic heterocycles. The molecule has 1 aliphatic carbocycles. The van der Waals surface area contributed by atoms with E-state index in [9.17, 15) is 14.0 Å². The molecule has 2 unspecified atom stereocenters. The maximum absolute atomic E-state index is 13.1. The number of hydrogen-bond donors (Lipinski definition) is 2. The van der Waals surface area contributed by atoms with Crippen molar-refractivity contribution >= 4 is 29.1 Å². The van der Waals surface area contributed by atoms with Crippen molar-refractivity contribution in [3.63, 3.8) is 0 Å². The molecule has 0 aliphatic heterocycles. The Morgan fingerprint density at radius 1 is 1.08 bits per heavy atom. The predicted molar refractivity (Wildman–Crippen MR) is 99.4 cm³/mol. The van der Waals surface area contributed by atoms with Gasteiger partial charge in [0.25, 0.3) is 0 Å². The summed E-state index contributed by atoms with van der Waals surface area (Å²) in [5.41, 5.74) is 1.67. The normalized spacial score (nSPS) is 18.2. The van der Waals surface area contributed by atoms with Crippen molar-refractivity contribution in [3.8, 4) is 0 Å². The van der Waals surface area contributed by atoms with Gasteiger partial charge in [0, 0.05) is 12.2 Å². The zero-order valence-corrected chi connectivity index (χ0v) is 14.9. The number of halogens is 2. The Morgan fingerprint density at radius 2 is 1.81 bits per heavy atom. The summed E-state index contributed by atoms with van der Waals surface area (Å²) in [6.07, 6.45) is 2.29. The van der Waals surface area contributed by atoms with Crippen LogP contribution >= 0.6 is 11.6 Å². The third-order valence-electron chi connectivity index (χ3n) is 4.44. The van der Waals surface area contributed by atoms with Gasteiger partial charge in [-0.15, -0.1) is 0 Å². The molecule has 1 saturated carbocycles. The molecule has 0 bridgehead atoms. The lowest BCUT2D eigenvalue weighted by molar-refractivity contribution is -0.125. The van der Waals surface area contributed by atoms with Crippen molar-refractivity contribution in [2.24, 2.45) is 11.8 Å². The highest BCUT2D eigenvalue weighted by molar-refractivity contribution is 6.31. The van der Waals surface area contributed by atoms with E-state index in [2.05, 4.69) is 22.8 Å². The molecule has 2 aromatic carbocycles. The van der Waals surface area contributed by atoms with E-state index in [0.29, 0.717) is 18.7 Å². The second-order valence-electron chi connectivity index (χ2n) is 6.45. The van der Waals surface area contributed by atoms with Crippen LogP contribution in [0.1, 0.15) is 18.4 Å². The molecule has 136 valence electrons. The number of aryl methyl sites for hydroxylation is 1. The van der Waals surface area contributed by atoms with Gasteiger partial charge >= 0.3 is 0 Å². The van der Waals surface area contributed by atoms with E-state index in [1.54, 1.807) is 0 Å². The lowest BCUT2D eigenvalue weighted by atomic mass is 10.1. The maximum Gasteiger partial charge on any atom is 0.228 e. The van der Waals surface area contributed by atoms with Gasteiger partial charge in [-0.1, -0.05) is 41.9 Å². The standard InChI is InChI=1S/C20H20ClFN2O2/c21-17-11-14(8-9-18(17)22)24-20(26)16-12-15(16)19(25)23-10-4-7-13-5-2-1-3-6-13/h1-3,5-6,8-9,11,15-16H,4,7,10,12H2,(H,23,25)(H,24,26). The summed E-state index contributed by atoms with van der Waals surface area (Å²) < 4.78 is 13.1. The topological polar surface area (TPSA) is 58.2 Å². The molecule has 6 heteroatoms. The summed E-state index contributed by atoms with van der Waals surface area (Å²) >= 11 is 5.70. The molecular formula is C20H20ClFN2O2. The monoisotopic (exact) mass is 374 g/mol.